The average Bonchev–Trinajstić information content (AvgIpc) is 2.99. The van der Waals surface area contributed by atoms with E-state index in [0.29, 0.717) is 16.5 Å². The molecule has 5 aromatic carbocycles. The van der Waals surface area contributed by atoms with Crippen molar-refractivity contribution in [1.82, 2.24) is 5.32 Å². The predicted octanol–water partition coefficient (Wildman–Crippen LogP) is 8.11. The number of rotatable bonds is 9. The molecule has 0 aliphatic carbocycles. The molecule has 0 aromatic heterocycles. The highest BCUT2D eigenvalue weighted by molar-refractivity contribution is 7.92. The number of carbonyl (C=O) groups excluding carboxylic acids is 1. The molecule has 0 saturated heterocycles. The Hall–Kier alpha value is -4.30. The van der Waals surface area contributed by atoms with E-state index in [1.54, 1.807) is 24.3 Å². The van der Waals surface area contributed by atoms with E-state index < -0.39 is 22.0 Å². The van der Waals surface area contributed by atoms with Crippen LogP contribution in [0.2, 0.25) is 10.0 Å². The summed E-state index contributed by atoms with van der Waals surface area (Å²) in [6, 6.07) is 35.8. The third-order valence-electron chi connectivity index (χ3n) is 6.21. The Labute approximate surface area is 248 Å². The Morgan fingerprint density at radius 1 is 0.707 bits per heavy atom. The van der Waals surface area contributed by atoms with E-state index in [0.717, 1.165) is 11.1 Å². The van der Waals surface area contributed by atoms with E-state index in [1.165, 1.54) is 42.5 Å². The highest BCUT2D eigenvalue weighted by atomic mass is 35.5. The number of sulfonamides is 1. The van der Waals surface area contributed by atoms with Gasteiger partial charge in [-0.25, -0.2) is 8.42 Å². The van der Waals surface area contributed by atoms with E-state index in [-0.39, 0.29) is 21.2 Å². The molecule has 0 aliphatic rings. The normalized spacial score (nSPS) is 11.2. The van der Waals surface area contributed by atoms with Gasteiger partial charge < -0.3 is 10.1 Å². The zero-order valence-electron chi connectivity index (χ0n) is 21.5. The van der Waals surface area contributed by atoms with Gasteiger partial charge in [0, 0.05) is 5.02 Å². The molecular formula is C32H24Cl2N2O4S. The molecule has 6 nitrogen and oxygen atoms in total. The van der Waals surface area contributed by atoms with Crippen LogP contribution in [0.15, 0.2) is 132 Å². The maximum absolute atomic E-state index is 13.6. The fraction of sp³-hybridized carbons (Fsp3) is 0.0312. The lowest BCUT2D eigenvalue weighted by molar-refractivity contribution is 0.0944. The van der Waals surface area contributed by atoms with Gasteiger partial charge in [-0.15, -0.1) is 0 Å². The standard InChI is InChI=1S/C32H24Cl2N2O4S/c33-24-15-20-29(36-41(38,39)26-18-16-25(17-19-26)40-30-14-8-7-13-28(30)34)27(21-24)32(37)35-31(22-9-3-1-4-10-22)23-11-5-2-6-12-23/h1-21,31,36H,(H,35,37). The Kier molecular flexibility index (Phi) is 8.59. The lowest BCUT2D eigenvalue weighted by Gasteiger charge is -2.21. The summed E-state index contributed by atoms with van der Waals surface area (Å²) in [6.45, 7) is 0. The van der Waals surface area contributed by atoms with Gasteiger partial charge in [-0.2, -0.15) is 0 Å². The second-order valence-corrected chi connectivity index (χ2v) is 11.6. The summed E-state index contributed by atoms with van der Waals surface area (Å²) >= 11 is 12.4. The van der Waals surface area contributed by atoms with Crippen molar-refractivity contribution in [2.75, 3.05) is 4.72 Å². The zero-order valence-corrected chi connectivity index (χ0v) is 23.8. The first-order valence-electron chi connectivity index (χ1n) is 12.6. The molecule has 206 valence electrons. The molecule has 2 N–H and O–H groups in total. The number of carbonyl (C=O) groups is 1. The molecule has 0 atom stereocenters. The van der Waals surface area contributed by atoms with Crippen LogP contribution in [0.1, 0.15) is 27.5 Å². The Balaban J connectivity index is 1.39. The molecule has 0 unspecified atom stereocenters. The van der Waals surface area contributed by atoms with Crippen LogP contribution in [0, 0.1) is 0 Å². The number of benzene rings is 5. The average molecular weight is 604 g/mol. The van der Waals surface area contributed by atoms with Gasteiger partial charge in [-0.3, -0.25) is 9.52 Å². The molecule has 0 spiro atoms. The van der Waals surface area contributed by atoms with Crippen LogP contribution in [0.5, 0.6) is 11.5 Å². The number of ether oxygens (including phenoxy) is 1. The fourth-order valence-corrected chi connectivity index (χ4v) is 5.62. The van der Waals surface area contributed by atoms with Crippen LogP contribution >= 0.6 is 23.2 Å². The first kappa shape index (κ1) is 28.2. The van der Waals surface area contributed by atoms with Crippen LogP contribution in [-0.2, 0) is 10.0 Å². The number of halogens is 2. The van der Waals surface area contributed by atoms with Gasteiger partial charge in [0.25, 0.3) is 15.9 Å². The molecule has 0 bridgehead atoms. The van der Waals surface area contributed by atoms with Crippen LogP contribution in [0.25, 0.3) is 0 Å². The second-order valence-electron chi connectivity index (χ2n) is 9.03. The smallest absolute Gasteiger partial charge is 0.261 e. The molecule has 5 aromatic rings. The molecule has 0 saturated carbocycles. The van der Waals surface area contributed by atoms with Gasteiger partial charge in [-0.1, -0.05) is 96.0 Å². The minimum Gasteiger partial charge on any atom is -0.456 e. The molecule has 41 heavy (non-hydrogen) atoms. The Morgan fingerprint density at radius 2 is 1.29 bits per heavy atom. The topological polar surface area (TPSA) is 84.5 Å². The molecule has 5 rings (SSSR count). The highest BCUT2D eigenvalue weighted by Gasteiger charge is 2.23. The maximum atomic E-state index is 13.6. The molecule has 1 amide bonds. The summed E-state index contributed by atoms with van der Waals surface area (Å²) in [5.74, 6) is 0.367. The predicted molar refractivity (Wildman–Crippen MR) is 162 cm³/mol. The summed E-state index contributed by atoms with van der Waals surface area (Å²) in [4.78, 5) is 13.6. The van der Waals surface area contributed by atoms with Crippen LogP contribution in [0.4, 0.5) is 5.69 Å². The highest BCUT2D eigenvalue weighted by Crippen LogP contribution is 2.31. The van der Waals surface area contributed by atoms with Crippen molar-refractivity contribution < 1.29 is 17.9 Å². The number of hydrogen-bond donors (Lipinski definition) is 2. The van der Waals surface area contributed by atoms with Crippen molar-refractivity contribution in [2.45, 2.75) is 10.9 Å². The van der Waals surface area contributed by atoms with Gasteiger partial charge >= 0.3 is 0 Å². The van der Waals surface area contributed by atoms with Crippen molar-refractivity contribution >= 4 is 44.8 Å². The van der Waals surface area contributed by atoms with Crippen molar-refractivity contribution in [3.8, 4) is 11.5 Å². The van der Waals surface area contributed by atoms with E-state index >= 15 is 0 Å². The summed E-state index contributed by atoms with van der Waals surface area (Å²) < 4.78 is 34.9. The summed E-state index contributed by atoms with van der Waals surface area (Å²) in [5, 5.41) is 3.75. The minimum atomic E-state index is -4.07. The molecule has 0 fully saturated rings. The quantitative estimate of drug-likeness (QED) is 0.178. The third kappa shape index (κ3) is 6.89. The SMILES string of the molecule is O=C(NC(c1ccccc1)c1ccccc1)c1cc(Cl)ccc1NS(=O)(=O)c1ccc(Oc2ccccc2Cl)cc1. The summed E-state index contributed by atoms with van der Waals surface area (Å²) in [7, 11) is -4.07. The lowest BCUT2D eigenvalue weighted by atomic mass is 9.98. The maximum Gasteiger partial charge on any atom is 0.261 e. The molecule has 9 heteroatoms. The number of hydrogen-bond acceptors (Lipinski definition) is 4. The third-order valence-corrected chi connectivity index (χ3v) is 8.14. The van der Waals surface area contributed by atoms with E-state index in [2.05, 4.69) is 10.0 Å². The number of para-hydroxylation sites is 1. The van der Waals surface area contributed by atoms with Gasteiger partial charge in [0.05, 0.1) is 27.2 Å². The van der Waals surface area contributed by atoms with Gasteiger partial charge in [0.1, 0.15) is 11.5 Å². The van der Waals surface area contributed by atoms with Gasteiger partial charge in [0.15, 0.2) is 0 Å². The minimum absolute atomic E-state index is 0.0169. The molecule has 0 radical (unpaired) electrons. The van der Waals surface area contributed by atoms with Crippen molar-refractivity contribution in [3.05, 3.63) is 154 Å². The number of amides is 1. The van der Waals surface area contributed by atoms with Gasteiger partial charge in [0.2, 0.25) is 0 Å². The van der Waals surface area contributed by atoms with Crippen molar-refractivity contribution in [1.29, 1.82) is 0 Å². The molecule has 0 aliphatic heterocycles. The first-order chi connectivity index (χ1) is 19.8. The lowest BCUT2D eigenvalue weighted by Crippen LogP contribution is -2.30. The summed E-state index contributed by atoms with van der Waals surface area (Å²) in [5.41, 5.74) is 1.91. The number of anilines is 1. The summed E-state index contributed by atoms with van der Waals surface area (Å²) in [6.07, 6.45) is 0. The van der Waals surface area contributed by atoms with Crippen LogP contribution < -0.4 is 14.8 Å². The van der Waals surface area contributed by atoms with Crippen molar-refractivity contribution in [2.24, 2.45) is 0 Å². The zero-order chi connectivity index (χ0) is 28.8. The monoisotopic (exact) mass is 602 g/mol. The van der Waals surface area contributed by atoms with Crippen LogP contribution in [0.3, 0.4) is 0 Å². The Morgan fingerprint density at radius 3 is 1.90 bits per heavy atom. The first-order valence-corrected chi connectivity index (χ1v) is 14.8. The van der Waals surface area contributed by atoms with E-state index in [4.69, 9.17) is 27.9 Å². The second kappa shape index (κ2) is 12.5. The van der Waals surface area contributed by atoms with E-state index in [1.807, 2.05) is 60.7 Å². The van der Waals surface area contributed by atoms with Gasteiger partial charge in [-0.05, 0) is 65.7 Å². The van der Waals surface area contributed by atoms with Crippen molar-refractivity contribution in [3.63, 3.8) is 0 Å². The number of nitrogens with one attached hydrogen (secondary N) is 2. The largest absolute Gasteiger partial charge is 0.456 e. The van der Waals surface area contributed by atoms with Crippen LogP contribution in [-0.4, -0.2) is 14.3 Å². The fourth-order valence-electron chi connectivity index (χ4n) is 4.20. The van der Waals surface area contributed by atoms with E-state index in [9.17, 15) is 13.2 Å². The molecular weight excluding hydrogens is 579 g/mol. The molecule has 0 heterocycles. The Bertz CT molecular complexity index is 1730.